The van der Waals surface area contributed by atoms with Gasteiger partial charge in [-0.2, -0.15) is 0 Å². The molecule has 0 saturated heterocycles. The highest BCUT2D eigenvalue weighted by Gasteiger charge is 2.09. The van der Waals surface area contributed by atoms with E-state index in [9.17, 15) is 9.59 Å². The van der Waals surface area contributed by atoms with E-state index in [1.807, 2.05) is 0 Å². The second-order valence-corrected chi connectivity index (χ2v) is 3.14. The number of carboxylic acid groups (broad SMARTS) is 1. The molecule has 0 unspecified atom stereocenters. The molecule has 0 bridgehead atoms. The predicted octanol–water partition coefficient (Wildman–Crippen LogP) is 1.25. The van der Waals surface area contributed by atoms with E-state index >= 15 is 0 Å². The van der Waals surface area contributed by atoms with Gasteiger partial charge in [0.05, 0.1) is 13.5 Å². The van der Waals surface area contributed by atoms with E-state index in [2.05, 4.69) is 0 Å². The van der Waals surface area contributed by atoms with E-state index in [4.69, 9.17) is 14.6 Å². The molecule has 5 heteroatoms. The maximum absolute atomic E-state index is 10.7. The zero-order valence-corrected chi connectivity index (χ0v) is 9.02. The first kappa shape index (κ1) is 12.0. The molecule has 0 aliphatic heterocycles. The van der Waals surface area contributed by atoms with E-state index in [1.54, 1.807) is 6.07 Å². The van der Waals surface area contributed by atoms with Crippen molar-refractivity contribution in [1.29, 1.82) is 0 Å². The van der Waals surface area contributed by atoms with Gasteiger partial charge in [-0.15, -0.1) is 0 Å². The number of carbonyl (C=O) groups is 2. The Morgan fingerprint density at radius 3 is 2.56 bits per heavy atom. The summed E-state index contributed by atoms with van der Waals surface area (Å²) >= 11 is 0. The first-order valence-electron chi connectivity index (χ1n) is 4.60. The third-order valence-corrected chi connectivity index (χ3v) is 1.86. The Balaban J connectivity index is 2.96. The fourth-order valence-corrected chi connectivity index (χ4v) is 1.26. The minimum Gasteiger partial charge on any atom is -0.496 e. The van der Waals surface area contributed by atoms with Crippen molar-refractivity contribution < 1.29 is 24.2 Å². The lowest BCUT2D eigenvalue weighted by Crippen LogP contribution is -2.04. The number of ether oxygens (including phenoxy) is 2. The molecule has 0 aliphatic rings. The van der Waals surface area contributed by atoms with Crippen LogP contribution in [0.1, 0.15) is 12.5 Å². The van der Waals surface area contributed by atoms with Gasteiger partial charge in [0.15, 0.2) is 0 Å². The van der Waals surface area contributed by atoms with Gasteiger partial charge < -0.3 is 14.6 Å². The molecular weight excluding hydrogens is 212 g/mol. The maximum Gasteiger partial charge on any atom is 0.308 e. The molecule has 16 heavy (non-hydrogen) atoms. The Labute approximate surface area is 92.6 Å². The molecule has 0 heterocycles. The van der Waals surface area contributed by atoms with Gasteiger partial charge in [-0.3, -0.25) is 9.59 Å². The summed E-state index contributed by atoms with van der Waals surface area (Å²) in [6.45, 7) is 1.29. The van der Waals surface area contributed by atoms with Gasteiger partial charge in [0.2, 0.25) is 0 Å². The summed E-state index contributed by atoms with van der Waals surface area (Å²) in [5, 5.41) is 8.66. The van der Waals surface area contributed by atoms with Crippen LogP contribution < -0.4 is 9.47 Å². The molecule has 1 N–H and O–H groups in total. The molecule has 1 aromatic rings. The molecule has 0 amide bonds. The van der Waals surface area contributed by atoms with Crippen molar-refractivity contribution in [3.8, 4) is 11.5 Å². The molecule has 0 aliphatic carbocycles. The summed E-state index contributed by atoms with van der Waals surface area (Å²) in [5.41, 5.74) is 0.533. The normalized spacial score (nSPS) is 9.62. The summed E-state index contributed by atoms with van der Waals surface area (Å²) in [6.07, 6.45) is -0.135. The van der Waals surface area contributed by atoms with E-state index < -0.39 is 11.9 Å². The van der Waals surface area contributed by atoms with Crippen molar-refractivity contribution in [1.82, 2.24) is 0 Å². The van der Waals surface area contributed by atoms with Crippen molar-refractivity contribution in [2.24, 2.45) is 0 Å². The van der Waals surface area contributed by atoms with E-state index in [-0.39, 0.29) is 6.42 Å². The molecule has 0 radical (unpaired) electrons. The SMILES string of the molecule is COc1cc(OC(C)=O)ccc1CC(=O)O. The second kappa shape index (κ2) is 5.16. The summed E-state index contributed by atoms with van der Waals surface area (Å²) in [5.74, 6) is -0.661. The topological polar surface area (TPSA) is 72.8 Å². The predicted molar refractivity (Wildman–Crippen MR) is 55.6 cm³/mol. The smallest absolute Gasteiger partial charge is 0.308 e. The van der Waals surface area contributed by atoms with Gasteiger partial charge in [-0.05, 0) is 6.07 Å². The van der Waals surface area contributed by atoms with Crippen molar-refractivity contribution >= 4 is 11.9 Å². The Morgan fingerprint density at radius 1 is 1.38 bits per heavy atom. The van der Waals surface area contributed by atoms with Gasteiger partial charge >= 0.3 is 11.9 Å². The number of aliphatic carboxylic acids is 1. The van der Waals surface area contributed by atoms with Gasteiger partial charge in [-0.25, -0.2) is 0 Å². The van der Waals surface area contributed by atoms with Crippen LogP contribution in [0.2, 0.25) is 0 Å². The first-order valence-corrected chi connectivity index (χ1v) is 4.60. The van der Waals surface area contributed by atoms with Gasteiger partial charge in [-0.1, -0.05) is 6.07 Å². The van der Waals surface area contributed by atoms with Crippen LogP contribution in [-0.4, -0.2) is 24.2 Å². The van der Waals surface area contributed by atoms with Crippen molar-refractivity contribution in [3.63, 3.8) is 0 Å². The van der Waals surface area contributed by atoms with Crippen LogP contribution in [0.25, 0.3) is 0 Å². The van der Waals surface area contributed by atoms with Crippen LogP contribution in [0.15, 0.2) is 18.2 Å². The fraction of sp³-hybridized carbons (Fsp3) is 0.273. The lowest BCUT2D eigenvalue weighted by Gasteiger charge is -2.08. The number of hydrogen-bond donors (Lipinski definition) is 1. The molecule has 0 saturated carbocycles. The van der Waals surface area contributed by atoms with Crippen molar-refractivity contribution in [2.45, 2.75) is 13.3 Å². The Morgan fingerprint density at radius 2 is 2.06 bits per heavy atom. The average molecular weight is 224 g/mol. The van der Waals surface area contributed by atoms with E-state index in [0.717, 1.165) is 0 Å². The third-order valence-electron chi connectivity index (χ3n) is 1.86. The highest BCUT2D eigenvalue weighted by Crippen LogP contribution is 2.25. The highest BCUT2D eigenvalue weighted by molar-refractivity contribution is 5.72. The van der Waals surface area contributed by atoms with Crippen LogP contribution >= 0.6 is 0 Å². The van der Waals surface area contributed by atoms with Crippen molar-refractivity contribution in [3.05, 3.63) is 23.8 Å². The number of benzene rings is 1. The molecule has 1 aromatic carbocycles. The summed E-state index contributed by atoms with van der Waals surface area (Å²) in [7, 11) is 1.43. The lowest BCUT2D eigenvalue weighted by atomic mass is 10.1. The fourth-order valence-electron chi connectivity index (χ4n) is 1.26. The molecule has 5 nitrogen and oxygen atoms in total. The van der Waals surface area contributed by atoms with Crippen LogP contribution in [-0.2, 0) is 16.0 Å². The molecule has 0 atom stereocenters. The molecule has 0 spiro atoms. The van der Waals surface area contributed by atoms with Gasteiger partial charge in [0.1, 0.15) is 11.5 Å². The minimum atomic E-state index is -0.946. The molecule has 86 valence electrons. The quantitative estimate of drug-likeness (QED) is 0.615. The maximum atomic E-state index is 10.7. The van der Waals surface area contributed by atoms with Crippen LogP contribution in [0.5, 0.6) is 11.5 Å². The number of methoxy groups -OCH3 is 1. The summed E-state index contributed by atoms with van der Waals surface area (Å²) in [4.78, 5) is 21.3. The van der Waals surface area contributed by atoms with Gasteiger partial charge in [0, 0.05) is 18.6 Å². The van der Waals surface area contributed by atoms with Crippen molar-refractivity contribution in [2.75, 3.05) is 7.11 Å². The monoisotopic (exact) mass is 224 g/mol. The zero-order chi connectivity index (χ0) is 12.1. The number of rotatable bonds is 4. The number of carboxylic acids is 1. The molecule has 0 fully saturated rings. The Hall–Kier alpha value is -2.04. The molecule has 1 rings (SSSR count). The largest absolute Gasteiger partial charge is 0.496 e. The average Bonchev–Trinajstić information content (AvgIpc) is 2.18. The number of hydrogen-bond acceptors (Lipinski definition) is 4. The lowest BCUT2D eigenvalue weighted by molar-refractivity contribution is -0.136. The second-order valence-electron chi connectivity index (χ2n) is 3.14. The van der Waals surface area contributed by atoms with Gasteiger partial charge in [0.25, 0.3) is 0 Å². The Kier molecular flexibility index (Phi) is 3.88. The summed E-state index contributed by atoms with van der Waals surface area (Å²) < 4.78 is 9.86. The number of carbonyl (C=O) groups excluding carboxylic acids is 1. The standard InChI is InChI=1S/C11H12O5/c1-7(12)16-9-4-3-8(5-11(13)14)10(6-9)15-2/h3-4,6H,5H2,1-2H3,(H,13,14). The van der Waals surface area contributed by atoms with Crippen LogP contribution in [0.4, 0.5) is 0 Å². The third kappa shape index (κ3) is 3.27. The minimum absolute atomic E-state index is 0.135. The molecular formula is C11H12O5. The Bertz CT molecular complexity index is 411. The first-order chi connectivity index (χ1) is 7.52. The molecule has 0 aromatic heterocycles. The van der Waals surface area contributed by atoms with Crippen LogP contribution in [0.3, 0.4) is 0 Å². The zero-order valence-electron chi connectivity index (χ0n) is 9.02. The van der Waals surface area contributed by atoms with E-state index in [1.165, 1.54) is 26.2 Å². The summed E-state index contributed by atoms with van der Waals surface area (Å²) in [6, 6.07) is 4.58. The highest BCUT2D eigenvalue weighted by atomic mass is 16.5. The van der Waals surface area contributed by atoms with E-state index in [0.29, 0.717) is 17.1 Å². The number of esters is 1. The van der Waals surface area contributed by atoms with Crippen LogP contribution in [0, 0.1) is 0 Å².